The molecule has 0 aliphatic rings. The smallest absolute Gasteiger partial charge is 0.216 e. The highest BCUT2D eigenvalue weighted by molar-refractivity contribution is 7.99. The van der Waals surface area contributed by atoms with Crippen LogP contribution in [-0.2, 0) is 4.79 Å². The van der Waals surface area contributed by atoms with E-state index in [0.29, 0.717) is 6.54 Å². The molecular formula is C11H16N2OS. The van der Waals surface area contributed by atoms with Crippen molar-refractivity contribution < 1.29 is 4.79 Å². The average Bonchev–Trinajstić information content (AvgIpc) is 2.17. The third-order valence-corrected chi connectivity index (χ3v) is 2.98. The first-order valence-corrected chi connectivity index (χ1v) is 5.81. The Morgan fingerprint density at radius 2 is 2.27 bits per heavy atom. The molecule has 82 valence electrons. The molecule has 1 rings (SSSR count). The summed E-state index contributed by atoms with van der Waals surface area (Å²) in [7, 11) is 0. The summed E-state index contributed by atoms with van der Waals surface area (Å²) in [4.78, 5) is 11.7. The van der Waals surface area contributed by atoms with Crippen LogP contribution in [0.15, 0.2) is 23.1 Å². The van der Waals surface area contributed by atoms with Gasteiger partial charge in [0.2, 0.25) is 5.91 Å². The van der Waals surface area contributed by atoms with Crippen molar-refractivity contribution in [2.75, 3.05) is 18.0 Å². The van der Waals surface area contributed by atoms with Crippen molar-refractivity contribution in [1.29, 1.82) is 0 Å². The van der Waals surface area contributed by atoms with E-state index in [2.05, 4.69) is 11.4 Å². The first kappa shape index (κ1) is 11.9. The zero-order valence-corrected chi connectivity index (χ0v) is 9.86. The molecule has 0 atom stereocenters. The number of carbonyl (C=O) groups is 1. The maximum atomic E-state index is 10.6. The van der Waals surface area contributed by atoms with Gasteiger partial charge in [0.15, 0.2) is 0 Å². The second kappa shape index (κ2) is 5.66. The Hall–Kier alpha value is -1.16. The van der Waals surface area contributed by atoms with Gasteiger partial charge in [-0.15, -0.1) is 11.8 Å². The third-order valence-electron chi connectivity index (χ3n) is 1.90. The summed E-state index contributed by atoms with van der Waals surface area (Å²) in [5.41, 5.74) is 7.82. The summed E-state index contributed by atoms with van der Waals surface area (Å²) in [5, 5.41) is 2.75. The Labute approximate surface area is 94.4 Å². The van der Waals surface area contributed by atoms with E-state index in [4.69, 9.17) is 5.73 Å². The zero-order valence-electron chi connectivity index (χ0n) is 9.04. The van der Waals surface area contributed by atoms with Crippen LogP contribution in [0.1, 0.15) is 12.5 Å². The molecule has 3 N–H and O–H groups in total. The molecule has 0 aliphatic carbocycles. The molecule has 0 fully saturated rings. The summed E-state index contributed by atoms with van der Waals surface area (Å²) in [6, 6.07) is 5.97. The summed E-state index contributed by atoms with van der Waals surface area (Å²) < 4.78 is 0. The number of carbonyl (C=O) groups excluding carboxylic acids is 1. The molecule has 0 aromatic heterocycles. The minimum absolute atomic E-state index is 0.00724. The molecule has 0 radical (unpaired) electrons. The Balaban J connectivity index is 2.43. The fraction of sp³-hybridized carbons (Fsp3) is 0.364. The van der Waals surface area contributed by atoms with Crippen LogP contribution in [0.5, 0.6) is 0 Å². The van der Waals surface area contributed by atoms with Gasteiger partial charge in [-0.3, -0.25) is 4.79 Å². The Morgan fingerprint density at radius 3 is 2.93 bits per heavy atom. The number of amides is 1. The van der Waals surface area contributed by atoms with Crippen LogP contribution in [-0.4, -0.2) is 18.2 Å². The molecule has 0 saturated heterocycles. The van der Waals surface area contributed by atoms with Gasteiger partial charge in [0.05, 0.1) is 0 Å². The molecule has 0 bridgehead atoms. The minimum Gasteiger partial charge on any atom is -0.398 e. The van der Waals surface area contributed by atoms with Crippen molar-refractivity contribution in [2.45, 2.75) is 18.7 Å². The fourth-order valence-corrected chi connectivity index (χ4v) is 2.08. The van der Waals surface area contributed by atoms with E-state index in [1.54, 1.807) is 11.8 Å². The van der Waals surface area contributed by atoms with Crippen molar-refractivity contribution in [1.82, 2.24) is 5.32 Å². The largest absolute Gasteiger partial charge is 0.398 e. The number of benzene rings is 1. The van der Waals surface area contributed by atoms with Gasteiger partial charge in [-0.2, -0.15) is 0 Å². The number of nitrogens with one attached hydrogen (secondary N) is 1. The Bertz CT molecular complexity index is 352. The topological polar surface area (TPSA) is 55.1 Å². The average molecular weight is 224 g/mol. The quantitative estimate of drug-likeness (QED) is 0.466. The van der Waals surface area contributed by atoms with Crippen molar-refractivity contribution in [2.24, 2.45) is 0 Å². The molecule has 0 saturated carbocycles. The van der Waals surface area contributed by atoms with Crippen LogP contribution in [0.3, 0.4) is 0 Å². The van der Waals surface area contributed by atoms with Crippen LogP contribution in [0.4, 0.5) is 5.69 Å². The van der Waals surface area contributed by atoms with Gasteiger partial charge in [0, 0.05) is 29.8 Å². The Morgan fingerprint density at radius 1 is 1.53 bits per heavy atom. The van der Waals surface area contributed by atoms with Crippen LogP contribution in [0.2, 0.25) is 0 Å². The summed E-state index contributed by atoms with van der Waals surface area (Å²) in [6.07, 6.45) is 0. The van der Waals surface area contributed by atoms with Gasteiger partial charge in [0.25, 0.3) is 0 Å². The molecule has 15 heavy (non-hydrogen) atoms. The van der Waals surface area contributed by atoms with Crippen molar-refractivity contribution in [3.05, 3.63) is 23.8 Å². The highest BCUT2D eigenvalue weighted by atomic mass is 32.2. The summed E-state index contributed by atoms with van der Waals surface area (Å²) >= 11 is 1.66. The maximum Gasteiger partial charge on any atom is 0.216 e. The zero-order chi connectivity index (χ0) is 11.3. The fourth-order valence-electron chi connectivity index (χ4n) is 1.15. The highest BCUT2D eigenvalue weighted by Crippen LogP contribution is 2.25. The van der Waals surface area contributed by atoms with Crippen molar-refractivity contribution in [3.63, 3.8) is 0 Å². The monoisotopic (exact) mass is 224 g/mol. The van der Waals surface area contributed by atoms with Crippen LogP contribution in [0, 0.1) is 6.92 Å². The van der Waals surface area contributed by atoms with Crippen LogP contribution < -0.4 is 11.1 Å². The van der Waals surface area contributed by atoms with E-state index in [-0.39, 0.29) is 5.91 Å². The number of nitrogen functional groups attached to an aromatic ring is 1. The molecule has 0 heterocycles. The highest BCUT2D eigenvalue weighted by Gasteiger charge is 2.00. The van der Waals surface area contributed by atoms with Gasteiger partial charge < -0.3 is 11.1 Å². The lowest BCUT2D eigenvalue weighted by molar-refractivity contribution is -0.118. The van der Waals surface area contributed by atoms with Gasteiger partial charge in [-0.05, 0) is 24.6 Å². The summed E-state index contributed by atoms with van der Waals surface area (Å²) in [5.74, 6) is 0.848. The van der Waals surface area contributed by atoms with Crippen LogP contribution >= 0.6 is 11.8 Å². The van der Waals surface area contributed by atoms with Gasteiger partial charge in [-0.1, -0.05) is 6.07 Å². The Kier molecular flexibility index (Phi) is 4.49. The van der Waals surface area contributed by atoms with E-state index in [1.165, 1.54) is 12.5 Å². The lowest BCUT2D eigenvalue weighted by Crippen LogP contribution is -2.22. The number of aryl methyl sites for hydroxylation is 1. The molecule has 1 aromatic carbocycles. The minimum atomic E-state index is 0.00724. The van der Waals surface area contributed by atoms with Gasteiger partial charge in [-0.25, -0.2) is 0 Å². The lowest BCUT2D eigenvalue weighted by Gasteiger charge is -2.06. The molecule has 4 heteroatoms. The first-order valence-electron chi connectivity index (χ1n) is 4.83. The number of anilines is 1. The number of hydrogen-bond acceptors (Lipinski definition) is 3. The normalized spacial score (nSPS) is 10.0. The lowest BCUT2D eigenvalue weighted by atomic mass is 10.2. The SMILES string of the molecule is CC(=O)NCCSc1cc(C)ccc1N. The second-order valence-electron chi connectivity index (χ2n) is 3.37. The number of nitrogens with two attached hydrogens (primary N) is 1. The molecule has 0 spiro atoms. The molecule has 3 nitrogen and oxygen atoms in total. The van der Waals surface area contributed by atoms with E-state index >= 15 is 0 Å². The molecule has 0 aliphatic heterocycles. The molecule has 0 unspecified atom stereocenters. The molecular weight excluding hydrogens is 208 g/mol. The van der Waals surface area contributed by atoms with Gasteiger partial charge >= 0.3 is 0 Å². The number of rotatable bonds is 4. The standard InChI is InChI=1S/C11H16N2OS/c1-8-3-4-10(12)11(7-8)15-6-5-13-9(2)14/h3-4,7H,5-6,12H2,1-2H3,(H,13,14). The van der Waals surface area contributed by atoms with Crippen molar-refractivity contribution in [3.8, 4) is 0 Å². The van der Waals surface area contributed by atoms with E-state index in [1.807, 2.05) is 19.1 Å². The summed E-state index contributed by atoms with van der Waals surface area (Å²) in [6.45, 7) is 4.23. The van der Waals surface area contributed by atoms with E-state index in [9.17, 15) is 4.79 Å². The van der Waals surface area contributed by atoms with Crippen LogP contribution in [0.25, 0.3) is 0 Å². The van der Waals surface area contributed by atoms with E-state index in [0.717, 1.165) is 16.3 Å². The predicted molar refractivity (Wildman–Crippen MR) is 65.0 cm³/mol. The third kappa shape index (κ3) is 4.25. The second-order valence-corrected chi connectivity index (χ2v) is 4.51. The van der Waals surface area contributed by atoms with Gasteiger partial charge in [0.1, 0.15) is 0 Å². The maximum absolute atomic E-state index is 10.6. The van der Waals surface area contributed by atoms with E-state index < -0.39 is 0 Å². The predicted octanol–water partition coefficient (Wildman–Crippen LogP) is 1.81. The number of thioether (sulfide) groups is 1. The molecule has 1 aromatic rings. The van der Waals surface area contributed by atoms with Crippen molar-refractivity contribution >= 4 is 23.4 Å². The molecule has 1 amide bonds. The number of hydrogen-bond donors (Lipinski definition) is 2. The first-order chi connectivity index (χ1) is 7.09.